The molecule has 154 valence electrons. The molecule has 0 atom stereocenters. The number of nitrogens with one attached hydrogen (secondary N) is 2. The minimum absolute atomic E-state index is 0.112. The summed E-state index contributed by atoms with van der Waals surface area (Å²) in [4.78, 5) is 12.7. The van der Waals surface area contributed by atoms with Crippen molar-refractivity contribution in [2.24, 2.45) is 0 Å². The van der Waals surface area contributed by atoms with E-state index in [-0.39, 0.29) is 5.91 Å². The summed E-state index contributed by atoms with van der Waals surface area (Å²) < 4.78 is 1.76. The molecule has 1 aliphatic carbocycles. The van der Waals surface area contributed by atoms with E-state index in [9.17, 15) is 4.79 Å². The lowest BCUT2D eigenvalue weighted by atomic mass is 10.1. The second-order valence-corrected chi connectivity index (χ2v) is 7.09. The number of hydrogen-bond donors (Lipinski definition) is 2. The molecular formula is C25H23N5O. The molecule has 0 saturated heterocycles. The van der Waals surface area contributed by atoms with Gasteiger partial charge < -0.3 is 5.32 Å². The highest BCUT2D eigenvalue weighted by atomic mass is 16.1. The summed E-state index contributed by atoms with van der Waals surface area (Å²) in [6.07, 6.45) is 20.0. The molecule has 4 rings (SSSR count). The van der Waals surface area contributed by atoms with Gasteiger partial charge in [0.05, 0.1) is 17.4 Å². The van der Waals surface area contributed by atoms with Crippen LogP contribution in [-0.4, -0.2) is 32.4 Å². The standard InChI is InChI=1S/C25H23N5O/c31-25(26-14-5-9-21-18-27-28-19-21)23-12-13-24(30-16-6-15-29-30)22(17-23)11-10-20-7-3-1-2-4-8-20/h1,3-4,6-8,12-13,15-19H,2,5,9,14H2,(H,26,31)(H,27,28). The van der Waals surface area contributed by atoms with Crippen LogP contribution in [0.3, 0.4) is 0 Å². The van der Waals surface area contributed by atoms with Crippen molar-refractivity contribution in [1.29, 1.82) is 0 Å². The summed E-state index contributed by atoms with van der Waals surface area (Å²) in [6, 6.07) is 7.38. The average molecular weight is 409 g/mol. The van der Waals surface area contributed by atoms with Gasteiger partial charge in [0.25, 0.3) is 5.91 Å². The van der Waals surface area contributed by atoms with E-state index in [4.69, 9.17) is 0 Å². The van der Waals surface area contributed by atoms with Gasteiger partial charge in [0, 0.05) is 36.3 Å². The number of rotatable bonds is 6. The van der Waals surface area contributed by atoms with Crippen LogP contribution < -0.4 is 5.32 Å². The first kappa shape index (κ1) is 20.2. The minimum atomic E-state index is -0.112. The number of amides is 1. The molecule has 1 amide bonds. The molecule has 6 heteroatoms. The summed E-state index contributed by atoms with van der Waals surface area (Å²) in [6.45, 7) is 0.593. The maximum Gasteiger partial charge on any atom is 0.251 e. The zero-order valence-corrected chi connectivity index (χ0v) is 17.1. The summed E-state index contributed by atoms with van der Waals surface area (Å²) in [5.41, 5.74) is 4.22. The highest BCUT2D eigenvalue weighted by molar-refractivity contribution is 5.95. The summed E-state index contributed by atoms with van der Waals surface area (Å²) in [5, 5.41) is 14.0. The van der Waals surface area contributed by atoms with Crippen molar-refractivity contribution in [2.75, 3.05) is 6.54 Å². The van der Waals surface area contributed by atoms with E-state index in [1.165, 1.54) is 0 Å². The molecule has 6 nitrogen and oxygen atoms in total. The van der Waals surface area contributed by atoms with Gasteiger partial charge in [-0.15, -0.1) is 0 Å². The van der Waals surface area contributed by atoms with Crippen molar-refractivity contribution in [3.8, 4) is 17.5 Å². The molecule has 2 aromatic heterocycles. The highest BCUT2D eigenvalue weighted by Crippen LogP contribution is 2.16. The van der Waals surface area contributed by atoms with Gasteiger partial charge in [-0.2, -0.15) is 10.2 Å². The first-order valence-corrected chi connectivity index (χ1v) is 10.2. The molecule has 1 aliphatic rings. The second kappa shape index (κ2) is 10.1. The van der Waals surface area contributed by atoms with Crippen LogP contribution >= 0.6 is 0 Å². The van der Waals surface area contributed by atoms with Gasteiger partial charge in [0.1, 0.15) is 0 Å². The minimum Gasteiger partial charge on any atom is -0.352 e. The Morgan fingerprint density at radius 1 is 1.26 bits per heavy atom. The zero-order valence-electron chi connectivity index (χ0n) is 17.1. The predicted molar refractivity (Wildman–Crippen MR) is 121 cm³/mol. The van der Waals surface area contributed by atoms with Crippen molar-refractivity contribution in [3.05, 3.63) is 102 Å². The van der Waals surface area contributed by atoms with E-state index in [2.05, 4.69) is 44.6 Å². The number of aromatic amines is 1. The molecule has 0 saturated carbocycles. The molecule has 1 aromatic carbocycles. The third kappa shape index (κ3) is 5.49. The van der Waals surface area contributed by atoms with Crippen LogP contribution in [0.1, 0.15) is 34.3 Å². The van der Waals surface area contributed by atoms with Gasteiger partial charge >= 0.3 is 0 Å². The molecule has 0 aliphatic heterocycles. The monoisotopic (exact) mass is 409 g/mol. The van der Waals surface area contributed by atoms with Crippen LogP contribution in [-0.2, 0) is 6.42 Å². The number of H-pyrrole nitrogens is 1. The smallest absolute Gasteiger partial charge is 0.251 e. The molecule has 0 fully saturated rings. The molecule has 3 aromatic rings. The molecule has 0 spiro atoms. The third-order valence-corrected chi connectivity index (χ3v) is 4.82. The van der Waals surface area contributed by atoms with E-state index < -0.39 is 0 Å². The lowest BCUT2D eigenvalue weighted by Gasteiger charge is -2.09. The topological polar surface area (TPSA) is 75.6 Å². The number of aromatic nitrogens is 4. The third-order valence-electron chi connectivity index (χ3n) is 4.82. The van der Waals surface area contributed by atoms with E-state index in [0.717, 1.165) is 41.6 Å². The Hall–Kier alpha value is -4.11. The quantitative estimate of drug-likeness (QED) is 0.481. The molecule has 2 N–H and O–H groups in total. The summed E-state index contributed by atoms with van der Waals surface area (Å²) in [5.74, 6) is 6.32. The highest BCUT2D eigenvalue weighted by Gasteiger charge is 2.10. The van der Waals surface area contributed by atoms with Gasteiger partial charge in [-0.25, -0.2) is 4.68 Å². The zero-order chi connectivity index (χ0) is 21.3. The maximum atomic E-state index is 12.7. The van der Waals surface area contributed by atoms with E-state index in [1.54, 1.807) is 23.1 Å². The number of aryl methyl sites for hydroxylation is 1. The predicted octanol–water partition coefficient (Wildman–Crippen LogP) is 3.75. The first-order valence-electron chi connectivity index (χ1n) is 10.2. The SMILES string of the molecule is O=C(NCCCc1cn[nH]c1)c1ccc(-n2cccn2)c(C#CC2=CC=CCC=C2)c1. The normalized spacial score (nSPS) is 12.6. The first-order chi connectivity index (χ1) is 15.3. The van der Waals surface area contributed by atoms with E-state index in [1.807, 2.05) is 48.8 Å². The van der Waals surface area contributed by atoms with Crippen molar-refractivity contribution in [1.82, 2.24) is 25.3 Å². The van der Waals surface area contributed by atoms with Crippen molar-refractivity contribution < 1.29 is 4.79 Å². The van der Waals surface area contributed by atoms with Crippen LogP contribution in [0.2, 0.25) is 0 Å². The van der Waals surface area contributed by atoms with Gasteiger partial charge in [-0.05, 0) is 55.2 Å². The fourth-order valence-corrected chi connectivity index (χ4v) is 3.20. The van der Waals surface area contributed by atoms with Crippen LogP contribution in [0.4, 0.5) is 0 Å². The Morgan fingerprint density at radius 2 is 2.23 bits per heavy atom. The lowest BCUT2D eigenvalue weighted by molar-refractivity contribution is 0.0953. The number of benzene rings is 1. The second-order valence-electron chi connectivity index (χ2n) is 7.09. The molecule has 31 heavy (non-hydrogen) atoms. The summed E-state index contributed by atoms with van der Waals surface area (Å²) >= 11 is 0. The fraction of sp³-hybridized carbons (Fsp3) is 0.160. The molecular weight excluding hydrogens is 386 g/mol. The number of nitrogens with zero attached hydrogens (tertiary/aromatic N) is 3. The van der Waals surface area contributed by atoms with E-state index in [0.29, 0.717) is 12.1 Å². The van der Waals surface area contributed by atoms with Crippen LogP contribution in [0.25, 0.3) is 5.69 Å². The van der Waals surface area contributed by atoms with Crippen LogP contribution in [0.5, 0.6) is 0 Å². The van der Waals surface area contributed by atoms with Crippen LogP contribution in [0.15, 0.2) is 85.0 Å². The Balaban J connectivity index is 1.51. The Bertz CT molecular complexity index is 1170. The van der Waals surface area contributed by atoms with Gasteiger partial charge in [0.15, 0.2) is 0 Å². The molecule has 0 bridgehead atoms. The van der Waals surface area contributed by atoms with Crippen molar-refractivity contribution in [2.45, 2.75) is 19.3 Å². The molecule has 2 heterocycles. The van der Waals surface area contributed by atoms with Gasteiger partial charge in [-0.1, -0.05) is 36.1 Å². The Morgan fingerprint density at radius 3 is 3.06 bits per heavy atom. The Kier molecular flexibility index (Phi) is 6.56. The number of carbonyl (C=O) groups excluding carboxylic acids is 1. The fourth-order valence-electron chi connectivity index (χ4n) is 3.20. The largest absolute Gasteiger partial charge is 0.352 e. The summed E-state index contributed by atoms with van der Waals surface area (Å²) in [7, 11) is 0. The Labute approximate surface area is 181 Å². The molecule has 0 radical (unpaired) electrons. The van der Waals surface area contributed by atoms with Crippen molar-refractivity contribution in [3.63, 3.8) is 0 Å². The maximum absolute atomic E-state index is 12.7. The average Bonchev–Trinajstić information content (AvgIpc) is 3.45. The van der Waals surface area contributed by atoms with Crippen LogP contribution in [0, 0.1) is 11.8 Å². The number of allylic oxidation sites excluding steroid dienone is 6. The van der Waals surface area contributed by atoms with Gasteiger partial charge in [-0.3, -0.25) is 9.89 Å². The van der Waals surface area contributed by atoms with E-state index >= 15 is 0 Å². The molecule has 0 unspecified atom stereocenters. The van der Waals surface area contributed by atoms with Gasteiger partial charge in [0.2, 0.25) is 0 Å². The lowest BCUT2D eigenvalue weighted by Crippen LogP contribution is -2.25. The number of hydrogen-bond acceptors (Lipinski definition) is 3. The van der Waals surface area contributed by atoms with Crippen molar-refractivity contribution >= 4 is 5.91 Å². The number of carbonyl (C=O) groups is 1.